The van der Waals surface area contributed by atoms with Crippen molar-refractivity contribution in [1.29, 1.82) is 0 Å². The highest BCUT2D eigenvalue weighted by molar-refractivity contribution is 5.42. The van der Waals surface area contributed by atoms with Crippen LogP contribution in [0.5, 0.6) is 0 Å². The third kappa shape index (κ3) is 1.85. The number of tetrazole rings is 1. The van der Waals surface area contributed by atoms with Crippen molar-refractivity contribution in [3.8, 4) is 0 Å². The molecule has 6 heteroatoms. The summed E-state index contributed by atoms with van der Waals surface area (Å²) < 4.78 is 0. The zero-order valence-electron chi connectivity index (χ0n) is 7.68. The summed E-state index contributed by atoms with van der Waals surface area (Å²) in [6.07, 6.45) is 3.45. The Bertz CT molecular complexity index is 370. The molecule has 0 amide bonds. The zero-order chi connectivity index (χ0) is 9.80. The summed E-state index contributed by atoms with van der Waals surface area (Å²) in [6.45, 7) is 1.96. The van der Waals surface area contributed by atoms with Gasteiger partial charge in [0.2, 0.25) is 0 Å². The van der Waals surface area contributed by atoms with Gasteiger partial charge in [0.25, 0.3) is 0 Å². The van der Waals surface area contributed by atoms with Crippen LogP contribution in [-0.4, -0.2) is 25.6 Å². The van der Waals surface area contributed by atoms with E-state index in [1.807, 2.05) is 19.1 Å². The molecule has 1 unspecified atom stereocenters. The van der Waals surface area contributed by atoms with E-state index < -0.39 is 0 Å². The average molecular weight is 190 g/mol. The van der Waals surface area contributed by atoms with Crippen molar-refractivity contribution < 1.29 is 0 Å². The Hall–Kier alpha value is -1.98. The number of aromatic nitrogens is 5. The maximum absolute atomic E-state index is 3.93. The fraction of sp³-hybridized carbons (Fsp3) is 0.250. The van der Waals surface area contributed by atoms with Gasteiger partial charge in [0.15, 0.2) is 5.82 Å². The molecule has 0 fully saturated rings. The SMILES string of the molecule is CC(Nc1ccncc1)c1nn[nH]n1. The number of nitrogens with one attached hydrogen (secondary N) is 2. The van der Waals surface area contributed by atoms with E-state index in [4.69, 9.17) is 0 Å². The lowest BCUT2D eigenvalue weighted by atomic mass is 10.3. The summed E-state index contributed by atoms with van der Waals surface area (Å²) in [6, 6.07) is 3.80. The van der Waals surface area contributed by atoms with Crippen LogP contribution < -0.4 is 5.32 Å². The maximum atomic E-state index is 3.93. The number of anilines is 1. The van der Waals surface area contributed by atoms with Crippen molar-refractivity contribution in [1.82, 2.24) is 25.6 Å². The first kappa shape index (κ1) is 8.61. The highest BCUT2D eigenvalue weighted by Crippen LogP contribution is 2.13. The van der Waals surface area contributed by atoms with Gasteiger partial charge in [0.05, 0.1) is 6.04 Å². The lowest BCUT2D eigenvalue weighted by Crippen LogP contribution is -2.08. The van der Waals surface area contributed by atoms with Crippen molar-refractivity contribution in [3.63, 3.8) is 0 Å². The maximum Gasteiger partial charge on any atom is 0.196 e. The summed E-state index contributed by atoms with van der Waals surface area (Å²) in [4.78, 5) is 3.93. The predicted molar refractivity (Wildman–Crippen MR) is 50.5 cm³/mol. The first-order valence-electron chi connectivity index (χ1n) is 4.26. The van der Waals surface area contributed by atoms with Crippen LogP contribution in [-0.2, 0) is 0 Å². The third-order valence-corrected chi connectivity index (χ3v) is 1.81. The first-order chi connectivity index (χ1) is 6.86. The molecule has 0 saturated heterocycles. The fourth-order valence-corrected chi connectivity index (χ4v) is 1.12. The van der Waals surface area contributed by atoms with Crippen LogP contribution in [0.3, 0.4) is 0 Å². The van der Waals surface area contributed by atoms with Crippen molar-refractivity contribution in [2.45, 2.75) is 13.0 Å². The van der Waals surface area contributed by atoms with Gasteiger partial charge in [-0.05, 0) is 19.1 Å². The molecule has 0 radical (unpaired) electrons. The molecule has 2 rings (SSSR count). The molecule has 0 spiro atoms. The Morgan fingerprint density at radius 1 is 1.36 bits per heavy atom. The highest BCUT2D eigenvalue weighted by Gasteiger charge is 2.08. The van der Waals surface area contributed by atoms with Gasteiger partial charge in [0.1, 0.15) is 0 Å². The number of hydrogen-bond acceptors (Lipinski definition) is 5. The molecule has 2 aromatic rings. The van der Waals surface area contributed by atoms with Gasteiger partial charge in [-0.2, -0.15) is 5.21 Å². The van der Waals surface area contributed by atoms with Crippen molar-refractivity contribution in [2.75, 3.05) is 5.32 Å². The summed E-state index contributed by atoms with van der Waals surface area (Å²) in [5.41, 5.74) is 0.984. The minimum absolute atomic E-state index is 0.0242. The van der Waals surface area contributed by atoms with Crippen LogP contribution in [0.25, 0.3) is 0 Å². The second-order valence-corrected chi connectivity index (χ2v) is 2.87. The molecular formula is C8H10N6. The van der Waals surface area contributed by atoms with Crippen molar-refractivity contribution in [3.05, 3.63) is 30.4 Å². The highest BCUT2D eigenvalue weighted by atomic mass is 15.5. The van der Waals surface area contributed by atoms with Crippen LogP contribution in [0.1, 0.15) is 18.8 Å². The molecule has 72 valence electrons. The smallest absolute Gasteiger partial charge is 0.196 e. The fourth-order valence-electron chi connectivity index (χ4n) is 1.12. The van der Waals surface area contributed by atoms with E-state index in [0.717, 1.165) is 5.69 Å². The third-order valence-electron chi connectivity index (χ3n) is 1.81. The van der Waals surface area contributed by atoms with E-state index >= 15 is 0 Å². The standard InChI is InChI=1S/C8H10N6/c1-6(8-11-13-14-12-8)10-7-2-4-9-5-3-7/h2-6H,1H3,(H,9,10)(H,11,12,13,14). The van der Waals surface area contributed by atoms with Gasteiger partial charge < -0.3 is 5.32 Å². The number of H-pyrrole nitrogens is 1. The summed E-state index contributed by atoms with van der Waals surface area (Å²) in [5.74, 6) is 0.641. The van der Waals surface area contributed by atoms with E-state index in [9.17, 15) is 0 Å². The molecule has 14 heavy (non-hydrogen) atoms. The summed E-state index contributed by atoms with van der Waals surface area (Å²) in [7, 11) is 0. The van der Waals surface area contributed by atoms with Gasteiger partial charge in [-0.1, -0.05) is 5.21 Å². The van der Waals surface area contributed by atoms with Gasteiger partial charge >= 0.3 is 0 Å². The Kier molecular flexibility index (Phi) is 2.35. The lowest BCUT2D eigenvalue weighted by Gasteiger charge is -2.10. The van der Waals surface area contributed by atoms with Crippen LogP contribution in [0, 0.1) is 0 Å². The molecule has 0 aliphatic carbocycles. The predicted octanol–water partition coefficient (Wildman–Crippen LogP) is 0.768. The lowest BCUT2D eigenvalue weighted by molar-refractivity contribution is 0.793. The molecule has 0 saturated carbocycles. The number of hydrogen-bond donors (Lipinski definition) is 2. The second-order valence-electron chi connectivity index (χ2n) is 2.87. The van der Waals surface area contributed by atoms with Gasteiger partial charge in [-0.3, -0.25) is 4.98 Å². The summed E-state index contributed by atoms with van der Waals surface area (Å²) in [5, 5.41) is 16.9. The number of pyridine rings is 1. The van der Waals surface area contributed by atoms with Crippen molar-refractivity contribution >= 4 is 5.69 Å². The van der Waals surface area contributed by atoms with E-state index in [-0.39, 0.29) is 6.04 Å². The normalized spacial score (nSPS) is 12.4. The topological polar surface area (TPSA) is 79.4 Å². The van der Waals surface area contributed by atoms with Crippen LogP contribution >= 0.6 is 0 Å². The Morgan fingerprint density at radius 3 is 2.79 bits per heavy atom. The van der Waals surface area contributed by atoms with E-state index in [1.165, 1.54) is 0 Å². The monoisotopic (exact) mass is 190 g/mol. The van der Waals surface area contributed by atoms with Crippen LogP contribution in [0.4, 0.5) is 5.69 Å². The zero-order valence-corrected chi connectivity index (χ0v) is 7.68. The van der Waals surface area contributed by atoms with Crippen molar-refractivity contribution in [2.24, 2.45) is 0 Å². The number of rotatable bonds is 3. The van der Waals surface area contributed by atoms with E-state index in [1.54, 1.807) is 12.4 Å². The second kappa shape index (κ2) is 3.82. The summed E-state index contributed by atoms with van der Waals surface area (Å²) >= 11 is 0. The minimum atomic E-state index is 0.0242. The van der Waals surface area contributed by atoms with Gasteiger partial charge in [0, 0.05) is 18.1 Å². The largest absolute Gasteiger partial charge is 0.375 e. The van der Waals surface area contributed by atoms with E-state index in [2.05, 4.69) is 30.9 Å². The minimum Gasteiger partial charge on any atom is -0.375 e. The molecule has 2 heterocycles. The Balaban J connectivity index is 2.06. The molecule has 6 nitrogen and oxygen atoms in total. The first-order valence-corrected chi connectivity index (χ1v) is 4.26. The molecule has 0 aromatic carbocycles. The number of nitrogens with zero attached hydrogens (tertiary/aromatic N) is 4. The number of aromatic amines is 1. The van der Waals surface area contributed by atoms with Gasteiger partial charge in [-0.25, -0.2) is 0 Å². The molecule has 0 aliphatic heterocycles. The molecule has 2 aromatic heterocycles. The van der Waals surface area contributed by atoms with E-state index in [0.29, 0.717) is 5.82 Å². The average Bonchev–Trinajstić information content (AvgIpc) is 2.72. The molecule has 0 aliphatic rings. The van der Waals surface area contributed by atoms with Crippen LogP contribution in [0.2, 0.25) is 0 Å². The molecule has 0 bridgehead atoms. The Morgan fingerprint density at radius 2 is 2.14 bits per heavy atom. The quantitative estimate of drug-likeness (QED) is 0.747. The molecule has 1 atom stereocenters. The van der Waals surface area contributed by atoms with Crippen LogP contribution in [0.15, 0.2) is 24.5 Å². The Labute approximate surface area is 80.8 Å². The van der Waals surface area contributed by atoms with Gasteiger partial charge in [-0.15, -0.1) is 10.2 Å². The molecule has 2 N–H and O–H groups in total. The molecular weight excluding hydrogens is 180 g/mol.